The molecular formula is C6H6ClNO3S. The Bertz CT molecular complexity index is 376. The van der Waals surface area contributed by atoms with E-state index in [1.807, 2.05) is 0 Å². The molecule has 0 atom stereocenters. The standard InChI is InChI=1S/C6H6ClNO3S/c1-11-6-5(12(7,9)10)3-2-4-8-6/h2-4H,1H3. The summed E-state index contributed by atoms with van der Waals surface area (Å²) in [5.74, 6) is 0.00694. The molecule has 0 fully saturated rings. The maximum atomic E-state index is 10.9. The summed E-state index contributed by atoms with van der Waals surface area (Å²) in [6, 6.07) is 2.80. The van der Waals surface area contributed by atoms with Crippen molar-refractivity contribution in [3.05, 3.63) is 18.3 Å². The molecule has 6 heteroatoms. The van der Waals surface area contributed by atoms with Crippen LogP contribution in [0.25, 0.3) is 0 Å². The first-order valence-electron chi connectivity index (χ1n) is 2.99. The molecule has 0 radical (unpaired) electrons. The molecule has 0 aromatic carbocycles. The van der Waals surface area contributed by atoms with Crippen LogP contribution in [0, 0.1) is 0 Å². The average molecular weight is 208 g/mol. The highest BCUT2D eigenvalue weighted by Gasteiger charge is 2.16. The van der Waals surface area contributed by atoms with Gasteiger partial charge >= 0.3 is 0 Å². The normalized spacial score (nSPS) is 11.2. The Labute approximate surface area is 74.6 Å². The van der Waals surface area contributed by atoms with Gasteiger partial charge in [-0.25, -0.2) is 13.4 Å². The Morgan fingerprint density at radius 2 is 2.25 bits per heavy atom. The van der Waals surface area contributed by atoms with Crippen molar-refractivity contribution in [2.75, 3.05) is 7.11 Å². The van der Waals surface area contributed by atoms with Crippen molar-refractivity contribution in [3.8, 4) is 5.88 Å². The zero-order chi connectivity index (χ0) is 9.19. The van der Waals surface area contributed by atoms with Crippen LogP contribution in [0.5, 0.6) is 5.88 Å². The van der Waals surface area contributed by atoms with E-state index in [4.69, 9.17) is 15.4 Å². The second-order valence-corrected chi connectivity index (χ2v) is 4.48. The molecule has 1 aromatic heterocycles. The smallest absolute Gasteiger partial charge is 0.266 e. The van der Waals surface area contributed by atoms with E-state index in [2.05, 4.69) is 4.98 Å². The zero-order valence-electron chi connectivity index (χ0n) is 6.19. The Morgan fingerprint density at radius 1 is 1.58 bits per heavy atom. The molecule has 1 heterocycles. The topological polar surface area (TPSA) is 56.3 Å². The Kier molecular flexibility index (Phi) is 2.54. The summed E-state index contributed by atoms with van der Waals surface area (Å²) in [5.41, 5.74) is 0. The van der Waals surface area contributed by atoms with Gasteiger partial charge in [-0.3, -0.25) is 0 Å². The average Bonchev–Trinajstić information content (AvgIpc) is 2.03. The van der Waals surface area contributed by atoms with Gasteiger partial charge in [0.2, 0.25) is 5.88 Å². The largest absolute Gasteiger partial charge is 0.480 e. The summed E-state index contributed by atoms with van der Waals surface area (Å²) in [5, 5.41) is 0. The Balaban J connectivity index is 3.33. The highest BCUT2D eigenvalue weighted by atomic mass is 35.7. The van der Waals surface area contributed by atoms with Gasteiger partial charge in [0, 0.05) is 16.9 Å². The molecule has 0 saturated carbocycles. The van der Waals surface area contributed by atoms with Crippen LogP contribution >= 0.6 is 10.7 Å². The van der Waals surface area contributed by atoms with Gasteiger partial charge in [-0.15, -0.1) is 0 Å². The van der Waals surface area contributed by atoms with Crippen LogP contribution in [0.4, 0.5) is 0 Å². The minimum atomic E-state index is -3.76. The monoisotopic (exact) mass is 207 g/mol. The fraction of sp³-hybridized carbons (Fsp3) is 0.167. The van der Waals surface area contributed by atoms with Crippen LogP contribution in [0.2, 0.25) is 0 Å². The predicted octanol–water partition coefficient (Wildman–Crippen LogP) is 1.02. The second-order valence-electron chi connectivity index (χ2n) is 1.95. The Morgan fingerprint density at radius 3 is 2.67 bits per heavy atom. The number of methoxy groups -OCH3 is 1. The summed E-state index contributed by atoms with van der Waals surface area (Å²) in [6.07, 6.45) is 1.42. The van der Waals surface area contributed by atoms with Crippen molar-refractivity contribution < 1.29 is 13.2 Å². The number of hydrogen-bond acceptors (Lipinski definition) is 4. The van der Waals surface area contributed by atoms with E-state index in [0.29, 0.717) is 0 Å². The van der Waals surface area contributed by atoms with Crippen LogP contribution in [0.15, 0.2) is 23.2 Å². The highest BCUT2D eigenvalue weighted by Crippen LogP contribution is 2.22. The van der Waals surface area contributed by atoms with Crippen LogP contribution in [-0.4, -0.2) is 20.5 Å². The number of pyridine rings is 1. The van der Waals surface area contributed by atoms with E-state index >= 15 is 0 Å². The van der Waals surface area contributed by atoms with E-state index < -0.39 is 9.05 Å². The maximum absolute atomic E-state index is 10.9. The van der Waals surface area contributed by atoms with Crippen LogP contribution < -0.4 is 4.74 Å². The number of ether oxygens (including phenoxy) is 1. The lowest BCUT2D eigenvalue weighted by atomic mass is 10.5. The van der Waals surface area contributed by atoms with Crippen molar-refractivity contribution in [1.82, 2.24) is 4.98 Å². The predicted molar refractivity (Wildman–Crippen MR) is 43.8 cm³/mol. The minimum absolute atomic E-state index is 0.00694. The quantitative estimate of drug-likeness (QED) is 0.680. The van der Waals surface area contributed by atoms with Crippen molar-refractivity contribution in [3.63, 3.8) is 0 Å². The number of nitrogens with zero attached hydrogens (tertiary/aromatic N) is 1. The molecule has 0 aliphatic heterocycles. The lowest BCUT2D eigenvalue weighted by Crippen LogP contribution is -1.97. The van der Waals surface area contributed by atoms with E-state index in [9.17, 15) is 8.42 Å². The Hall–Kier alpha value is -0.810. The van der Waals surface area contributed by atoms with E-state index in [0.717, 1.165) is 0 Å². The zero-order valence-corrected chi connectivity index (χ0v) is 7.76. The third-order valence-corrected chi connectivity index (χ3v) is 2.53. The maximum Gasteiger partial charge on any atom is 0.266 e. The molecule has 0 bridgehead atoms. The van der Waals surface area contributed by atoms with E-state index in [1.54, 1.807) is 0 Å². The minimum Gasteiger partial charge on any atom is -0.480 e. The number of halogens is 1. The molecule has 0 aliphatic rings. The molecular weight excluding hydrogens is 202 g/mol. The molecule has 12 heavy (non-hydrogen) atoms. The second kappa shape index (κ2) is 3.28. The first-order valence-corrected chi connectivity index (χ1v) is 5.30. The van der Waals surface area contributed by atoms with Crippen LogP contribution in [-0.2, 0) is 9.05 Å². The lowest BCUT2D eigenvalue weighted by Gasteiger charge is -2.01. The van der Waals surface area contributed by atoms with E-state index in [-0.39, 0.29) is 10.8 Å². The van der Waals surface area contributed by atoms with Gasteiger partial charge in [0.15, 0.2) is 0 Å². The van der Waals surface area contributed by atoms with Gasteiger partial charge in [-0.05, 0) is 12.1 Å². The summed E-state index contributed by atoms with van der Waals surface area (Å²) in [4.78, 5) is 3.56. The number of rotatable bonds is 2. The summed E-state index contributed by atoms with van der Waals surface area (Å²) < 4.78 is 26.4. The van der Waals surface area contributed by atoms with Crippen LogP contribution in [0.1, 0.15) is 0 Å². The van der Waals surface area contributed by atoms with Gasteiger partial charge in [0.1, 0.15) is 4.90 Å². The van der Waals surface area contributed by atoms with Gasteiger partial charge in [-0.1, -0.05) is 0 Å². The molecule has 4 nitrogen and oxygen atoms in total. The molecule has 0 spiro atoms. The fourth-order valence-corrected chi connectivity index (χ4v) is 1.65. The molecule has 1 aromatic rings. The third-order valence-electron chi connectivity index (χ3n) is 1.19. The molecule has 0 unspecified atom stereocenters. The lowest BCUT2D eigenvalue weighted by molar-refractivity contribution is 0.385. The highest BCUT2D eigenvalue weighted by molar-refractivity contribution is 8.13. The fourth-order valence-electron chi connectivity index (χ4n) is 0.715. The van der Waals surface area contributed by atoms with Crippen molar-refractivity contribution in [1.29, 1.82) is 0 Å². The number of aromatic nitrogens is 1. The van der Waals surface area contributed by atoms with Crippen molar-refractivity contribution in [2.24, 2.45) is 0 Å². The van der Waals surface area contributed by atoms with Gasteiger partial charge in [-0.2, -0.15) is 0 Å². The molecule has 0 N–H and O–H groups in total. The van der Waals surface area contributed by atoms with Crippen molar-refractivity contribution >= 4 is 19.7 Å². The molecule has 0 aliphatic carbocycles. The molecule has 0 saturated heterocycles. The first kappa shape index (κ1) is 9.28. The molecule has 0 amide bonds. The van der Waals surface area contributed by atoms with Gasteiger partial charge < -0.3 is 4.74 Å². The SMILES string of the molecule is COc1ncccc1S(=O)(=O)Cl. The first-order chi connectivity index (χ1) is 5.55. The summed E-state index contributed by atoms with van der Waals surface area (Å²) in [7, 11) is 2.66. The third kappa shape index (κ3) is 1.86. The van der Waals surface area contributed by atoms with E-state index in [1.165, 1.54) is 25.4 Å². The van der Waals surface area contributed by atoms with Crippen molar-refractivity contribution in [2.45, 2.75) is 4.90 Å². The molecule has 66 valence electrons. The number of hydrogen-bond donors (Lipinski definition) is 0. The van der Waals surface area contributed by atoms with Gasteiger partial charge in [0.25, 0.3) is 9.05 Å². The molecule has 1 rings (SSSR count). The summed E-state index contributed by atoms with van der Waals surface area (Å²) in [6.45, 7) is 0. The van der Waals surface area contributed by atoms with Crippen LogP contribution in [0.3, 0.4) is 0 Å². The van der Waals surface area contributed by atoms with Gasteiger partial charge in [0.05, 0.1) is 7.11 Å². The summed E-state index contributed by atoms with van der Waals surface area (Å²) >= 11 is 0.